The van der Waals surface area contributed by atoms with Gasteiger partial charge in [0.1, 0.15) is 5.82 Å². The molecule has 1 heterocycles. The minimum absolute atomic E-state index is 0.202. The van der Waals surface area contributed by atoms with Crippen LogP contribution in [-0.2, 0) is 6.42 Å². The van der Waals surface area contributed by atoms with Gasteiger partial charge in [0.2, 0.25) is 0 Å². The Kier molecular flexibility index (Phi) is 4.41. The molecule has 0 amide bonds. The molecule has 1 nitrogen and oxygen atoms in total. The fraction of sp³-hybridized carbons (Fsp3) is 0.571. The van der Waals surface area contributed by atoms with E-state index in [4.69, 9.17) is 11.6 Å². The third-order valence-corrected chi connectivity index (χ3v) is 4.02. The average Bonchev–Trinajstić information content (AvgIpc) is 2.34. The number of halogens is 2. The molecule has 94 valence electrons. The summed E-state index contributed by atoms with van der Waals surface area (Å²) >= 11 is 6.09. The summed E-state index contributed by atoms with van der Waals surface area (Å²) in [5.41, 5.74) is 0.918. The minimum Gasteiger partial charge on any atom is -0.314 e. The van der Waals surface area contributed by atoms with Crippen LogP contribution in [0.25, 0.3) is 0 Å². The van der Waals surface area contributed by atoms with Gasteiger partial charge in [-0.15, -0.1) is 0 Å². The first kappa shape index (κ1) is 12.8. The summed E-state index contributed by atoms with van der Waals surface area (Å²) in [6.07, 6.45) is 4.48. The van der Waals surface area contributed by atoms with Crippen molar-refractivity contribution in [1.29, 1.82) is 0 Å². The van der Waals surface area contributed by atoms with E-state index in [1.807, 2.05) is 0 Å². The molecule has 0 spiro atoms. The van der Waals surface area contributed by atoms with Gasteiger partial charge >= 0.3 is 0 Å². The van der Waals surface area contributed by atoms with Crippen LogP contribution in [-0.4, -0.2) is 12.6 Å². The molecular formula is C14H19ClFN. The van der Waals surface area contributed by atoms with Crippen molar-refractivity contribution in [3.05, 3.63) is 34.6 Å². The van der Waals surface area contributed by atoms with Gasteiger partial charge < -0.3 is 5.32 Å². The highest BCUT2D eigenvalue weighted by Crippen LogP contribution is 2.24. The highest BCUT2D eigenvalue weighted by molar-refractivity contribution is 6.31. The summed E-state index contributed by atoms with van der Waals surface area (Å²) < 4.78 is 13.2. The maximum absolute atomic E-state index is 13.2. The second kappa shape index (κ2) is 5.83. The molecule has 0 saturated carbocycles. The smallest absolute Gasteiger partial charge is 0.123 e. The SMILES string of the molecule is CCC1CCNC(Cc2cc(F)ccc2Cl)C1. The number of benzene rings is 1. The second-order valence-electron chi connectivity index (χ2n) is 4.89. The fourth-order valence-electron chi connectivity index (χ4n) is 2.59. The number of piperidine rings is 1. The first-order chi connectivity index (χ1) is 8.19. The molecule has 1 fully saturated rings. The van der Waals surface area contributed by atoms with Gasteiger partial charge in [-0.25, -0.2) is 4.39 Å². The van der Waals surface area contributed by atoms with E-state index >= 15 is 0 Å². The molecule has 1 aromatic carbocycles. The second-order valence-corrected chi connectivity index (χ2v) is 5.30. The Labute approximate surface area is 107 Å². The van der Waals surface area contributed by atoms with Crippen molar-refractivity contribution in [2.75, 3.05) is 6.54 Å². The van der Waals surface area contributed by atoms with Crippen molar-refractivity contribution >= 4 is 11.6 Å². The predicted octanol–water partition coefficient (Wildman–Crippen LogP) is 3.80. The van der Waals surface area contributed by atoms with Gasteiger partial charge in [0, 0.05) is 11.1 Å². The molecule has 0 aromatic heterocycles. The Morgan fingerprint density at radius 1 is 1.47 bits per heavy atom. The van der Waals surface area contributed by atoms with Crippen molar-refractivity contribution < 1.29 is 4.39 Å². The minimum atomic E-state index is -0.202. The van der Waals surface area contributed by atoms with E-state index in [0.29, 0.717) is 11.1 Å². The first-order valence-corrected chi connectivity index (χ1v) is 6.74. The van der Waals surface area contributed by atoms with Gasteiger partial charge in [-0.05, 0) is 55.5 Å². The highest BCUT2D eigenvalue weighted by atomic mass is 35.5. The van der Waals surface area contributed by atoms with Gasteiger partial charge in [0.05, 0.1) is 0 Å². The molecule has 2 atom stereocenters. The van der Waals surface area contributed by atoms with Crippen LogP contribution in [0.4, 0.5) is 4.39 Å². The van der Waals surface area contributed by atoms with E-state index < -0.39 is 0 Å². The lowest BCUT2D eigenvalue weighted by molar-refractivity contribution is 0.294. The van der Waals surface area contributed by atoms with Crippen LogP contribution in [0, 0.1) is 11.7 Å². The monoisotopic (exact) mass is 255 g/mol. The zero-order valence-corrected chi connectivity index (χ0v) is 10.9. The maximum atomic E-state index is 13.2. The zero-order chi connectivity index (χ0) is 12.3. The van der Waals surface area contributed by atoms with Crippen LogP contribution in [0.15, 0.2) is 18.2 Å². The van der Waals surface area contributed by atoms with E-state index in [2.05, 4.69) is 12.2 Å². The van der Waals surface area contributed by atoms with Gasteiger partial charge in [0.15, 0.2) is 0 Å². The van der Waals surface area contributed by atoms with Gasteiger partial charge in [-0.1, -0.05) is 24.9 Å². The van der Waals surface area contributed by atoms with E-state index in [1.54, 1.807) is 12.1 Å². The molecule has 0 radical (unpaired) electrons. The largest absolute Gasteiger partial charge is 0.314 e. The number of rotatable bonds is 3. The number of hydrogen-bond donors (Lipinski definition) is 1. The summed E-state index contributed by atoms with van der Waals surface area (Å²) in [7, 11) is 0. The summed E-state index contributed by atoms with van der Waals surface area (Å²) in [4.78, 5) is 0. The summed E-state index contributed by atoms with van der Waals surface area (Å²) in [6.45, 7) is 3.30. The first-order valence-electron chi connectivity index (χ1n) is 6.36. The van der Waals surface area contributed by atoms with Crippen molar-refractivity contribution in [3.63, 3.8) is 0 Å². The van der Waals surface area contributed by atoms with Crippen LogP contribution >= 0.6 is 11.6 Å². The zero-order valence-electron chi connectivity index (χ0n) is 10.2. The van der Waals surface area contributed by atoms with Crippen LogP contribution in [0.2, 0.25) is 5.02 Å². The quantitative estimate of drug-likeness (QED) is 0.866. The van der Waals surface area contributed by atoms with E-state index in [0.717, 1.165) is 24.4 Å². The molecule has 2 unspecified atom stereocenters. The van der Waals surface area contributed by atoms with Crippen LogP contribution < -0.4 is 5.32 Å². The van der Waals surface area contributed by atoms with E-state index in [-0.39, 0.29) is 5.82 Å². The van der Waals surface area contributed by atoms with Crippen molar-refractivity contribution in [1.82, 2.24) is 5.32 Å². The Bertz CT molecular complexity index is 380. The lowest BCUT2D eigenvalue weighted by Crippen LogP contribution is -2.39. The molecule has 0 bridgehead atoms. The molecule has 0 aliphatic carbocycles. The molecular weight excluding hydrogens is 237 g/mol. The summed E-state index contributed by atoms with van der Waals surface area (Å²) in [6, 6.07) is 5.05. The predicted molar refractivity (Wildman–Crippen MR) is 69.9 cm³/mol. The van der Waals surface area contributed by atoms with Crippen molar-refractivity contribution in [2.24, 2.45) is 5.92 Å². The van der Waals surface area contributed by atoms with Crippen LogP contribution in [0.5, 0.6) is 0 Å². The Morgan fingerprint density at radius 2 is 2.29 bits per heavy atom. The van der Waals surface area contributed by atoms with Crippen molar-refractivity contribution in [3.8, 4) is 0 Å². The normalized spacial score (nSPS) is 24.9. The molecule has 1 aliphatic rings. The van der Waals surface area contributed by atoms with Gasteiger partial charge in [-0.3, -0.25) is 0 Å². The molecule has 1 saturated heterocycles. The molecule has 1 N–H and O–H groups in total. The third kappa shape index (κ3) is 3.43. The molecule has 1 aliphatic heterocycles. The van der Waals surface area contributed by atoms with Gasteiger partial charge in [-0.2, -0.15) is 0 Å². The average molecular weight is 256 g/mol. The molecule has 17 heavy (non-hydrogen) atoms. The lowest BCUT2D eigenvalue weighted by atomic mass is 9.87. The lowest BCUT2D eigenvalue weighted by Gasteiger charge is -2.30. The van der Waals surface area contributed by atoms with Crippen LogP contribution in [0.1, 0.15) is 31.7 Å². The topological polar surface area (TPSA) is 12.0 Å². The number of hydrogen-bond acceptors (Lipinski definition) is 1. The molecule has 1 aromatic rings. The Hall–Kier alpha value is -0.600. The van der Waals surface area contributed by atoms with Gasteiger partial charge in [0.25, 0.3) is 0 Å². The Balaban J connectivity index is 2.02. The van der Waals surface area contributed by atoms with Crippen LogP contribution in [0.3, 0.4) is 0 Å². The van der Waals surface area contributed by atoms with Crippen molar-refractivity contribution in [2.45, 2.75) is 38.6 Å². The number of nitrogens with one attached hydrogen (secondary N) is 1. The standard InChI is InChI=1S/C14H19ClFN/c1-2-10-5-6-17-13(7-10)9-11-8-12(16)3-4-14(11)15/h3-4,8,10,13,17H,2,5-7,9H2,1H3. The highest BCUT2D eigenvalue weighted by Gasteiger charge is 2.21. The molecule has 2 rings (SSSR count). The molecule has 3 heteroatoms. The third-order valence-electron chi connectivity index (χ3n) is 3.65. The fourth-order valence-corrected chi connectivity index (χ4v) is 2.78. The van der Waals surface area contributed by atoms with E-state index in [1.165, 1.54) is 25.3 Å². The summed E-state index contributed by atoms with van der Waals surface area (Å²) in [5, 5.41) is 4.17. The Morgan fingerprint density at radius 3 is 3.06 bits per heavy atom. The van der Waals surface area contributed by atoms with E-state index in [9.17, 15) is 4.39 Å². The maximum Gasteiger partial charge on any atom is 0.123 e. The summed E-state index contributed by atoms with van der Waals surface area (Å²) in [5.74, 6) is 0.598.